The predicted octanol–water partition coefficient (Wildman–Crippen LogP) is 1.61. The summed E-state index contributed by atoms with van der Waals surface area (Å²) in [6.45, 7) is 7.09. The molecule has 1 saturated heterocycles. The second kappa shape index (κ2) is 3.33. The van der Waals surface area contributed by atoms with Crippen molar-refractivity contribution in [3.05, 3.63) is 12.2 Å². The normalized spacial score (nSPS) is 29.3. The van der Waals surface area contributed by atoms with Crippen molar-refractivity contribution in [2.24, 2.45) is 0 Å². The molecular weight excluding hydrogens is 180 g/mol. The second-order valence-corrected chi connectivity index (χ2v) is 4.42. The molecule has 2 aliphatic rings. The van der Waals surface area contributed by atoms with Gasteiger partial charge in [-0.3, -0.25) is 0 Å². The Morgan fingerprint density at radius 3 is 2.07 bits per heavy atom. The zero-order valence-electron chi connectivity index (χ0n) is 8.71. The Labute approximate surface area is 84.7 Å². The molecule has 0 aromatic carbocycles. The van der Waals surface area contributed by atoms with Crippen LogP contribution in [-0.2, 0) is 9.47 Å². The number of ether oxygens (including phenoxy) is 2. The molecule has 1 aliphatic heterocycles. The van der Waals surface area contributed by atoms with E-state index in [1.165, 1.54) is 0 Å². The van der Waals surface area contributed by atoms with Crippen LogP contribution in [0.3, 0.4) is 0 Å². The highest BCUT2D eigenvalue weighted by atomic mass is 16.7. The lowest BCUT2D eigenvalue weighted by Crippen LogP contribution is -2.44. The Morgan fingerprint density at radius 1 is 1.14 bits per heavy atom. The van der Waals surface area contributed by atoms with Gasteiger partial charge in [-0.15, -0.1) is 0 Å². The summed E-state index contributed by atoms with van der Waals surface area (Å²) in [6, 6.07) is 0. The van der Waals surface area contributed by atoms with Crippen molar-refractivity contribution in [1.29, 1.82) is 0 Å². The maximum atomic E-state index is 10.2. The first-order chi connectivity index (χ1) is 6.56. The van der Waals surface area contributed by atoms with Crippen LogP contribution in [0, 0.1) is 0 Å². The Kier molecular flexibility index (Phi) is 2.41. The molecule has 0 amide bonds. The van der Waals surface area contributed by atoms with Crippen LogP contribution >= 0.6 is 0 Å². The molecule has 14 heavy (non-hydrogen) atoms. The van der Waals surface area contributed by atoms with Crippen molar-refractivity contribution in [3.63, 3.8) is 0 Å². The molecule has 1 saturated carbocycles. The second-order valence-electron chi connectivity index (χ2n) is 4.42. The largest absolute Gasteiger partial charge is 0.386 e. The molecule has 1 aliphatic carbocycles. The van der Waals surface area contributed by atoms with Gasteiger partial charge in [-0.2, -0.15) is 0 Å². The highest BCUT2D eigenvalue weighted by Gasteiger charge is 2.45. The summed E-state index contributed by atoms with van der Waals surface area (Å²) >= 11 is 0. The topological polar surface area (TPSA) is 38.7 Å². The summed E-state index contributed by atoms with van der Waals surface area (Å²) in [7, 11) is 0. The number of hydrogen-bond acceptors (Lipinski definition) is 3. The fourth-order valence-corrected chi connectivity index (χ4v) is 2.26. The third-order valence-corrected chi connectivity index (χ3v) is 3.45. The van der Waals surface area contributed by atoms with Gasteiger partial charge in [-0.25, -0.2) is 0 Å². The molecule has 0 aromatic heterocycles. The van der Waals surface area contributed by atoms with Gasteiger partial charge < -0.3 is 14.6 Å². The van der Waals surface area contributed by atoms with Gasteiger partial charge in [0.1, 0.15) is 0 Å². The molecule has 0 radical (unpaired) electrons. The van der Waals surface area contributed by atoms with Crippen LogP contribution in [0.1, 0.15) is 32.6 Å². The van der Waals surface area contributed by atoms with Gasteiger partial charge in [0.05, 0.1) is 18.8 Å². The van der Waals surface area contributed by atoms with Crippen molar-refractivity contribution in [1.82, 2.24) is 0 Å². The van der Waals surface area contributed by atoms with Gasteiger partial charge in [0.15, 0.2) is 5.79 Å². The first-order valence-corrected chi connectivity index (χ1v) is 5.23. The summed E-state index contributed by atoms with van der Waals surface area (Å²) < 4.78 is 11.2. The third-order valence-electron chi connectivity index (χ3n) is 3.45. The van der Waals surface area contributed by atoms with Gasteiger partial charge in [0.2, 0.25) is 0 Å². The van der Waals surface area contributed by atoms with Crippen LogP contribution in [0.15, 0.2) is 12.2 Å². The van der Waals surface area contributed by atoms with Gasteiger partial charge in [-0.05, 0) is 25.3 Å². The summed E-state index contributed by atoms with van der Waals surface area (Å²) in [5, 5.41) is 10.2. The molecule has 1 N–H and O–H groups in total. The lowest BCUT2D eigenvalue weighted by Gasteiger charge is -2.40. The minimum absolute atomic E-state index is 0.387. The van der Waals surface area contributed by atoms with E-state index in [1.807, 2.05) is 6.92 Å². The van der Waals surface area contributed by atoms with Crippen molar-refractivity contribution in [2.75, 3.05) is 13.2 Å². The molecule has 1 heterocycles. The van der Waals surface area contributed by atoms with Crippen LogP contribution in [0.2, 0.25) is 0 Å². The molecule has 2 rings (SSSR count). The van der Waals surface area contributed by atoms with E-state index in [-0.39, 0.29) is 5.79 Å². The molecular formula is C11H18O3. The summed E-state index contributed by atoms with van der Waals surface area (Å²) in [4.78, 5) is 0. The molecule has 1 spiro atoms. The van der Waals surface area contributed by atoms with Gasteiger partial charge >= 0.3 is 0 Å². The molecule has 0 aromatic rings. The smallest absolute Gasteiger partial charge is 0.168 e. The van der Waals surface area contributed by atoms with Crippen molar-refractivity contribution in [3.8, 4) is 0 Å². The van der Waals surface area contributed by atoms with Gasteiger partial charge in [0.25, 0.3) is 0 Å². The molecule has 80 valence electrons. The molecule has 2 fully saturated rings. The van der Waals surface area contributed by atoms with Gasteiger partial charge in [0, 0.05) is 12.8 Å². The van der Waals surface area contributed by atoms with Crippen LogP contribution < -0.4 is 0 Å². The van der Waals surface area contributed by atoms with Crippen LogP contribution in [0.25, 0.3) is 0 Å². The van der Waals surface area contributed by atoms with Crippen LogP contribution in [0.5, 0.6) is 0 Å². The molecule has 3 nitrogen and oxygen atoms in total. The quantitative estimate of drug-likeness (QED) is 0.650. The minimum Gasteiger partial charge on any atom is -0.386 e. The monoisotopic (exact) mass is 198 g/mol. The van der Waals surface area contributed by atoms with Crippen LogP contribution in [-0.4, -0.2) is 29.7 Å². The maximum Gasteiger partial charge on any atom is 0.168 e. The molecule has 0 atom stereocenters. The number of hydrogen-bond donors (Lipinski definition) is 1. The lowest BCUT2D eigenvalue weighted by molar-refractivity contribution is -0.197. The average molecular weight is 198 g/mol. The van der Waals surface area contributed by atoms with E-state index in [9.17, 15) is 5.11 Å². The SMILES string of the molecule is C=C(C)C1(O)CCC2(CC1)OCCO2. The lowest BCUT2D eigenvalue weighted by atomic mass is 9.78. The third kappa shape index (κ3) is 1.60. The van der Waals surface area contributed by atoms with E-state index in [4.69, 9.17) is 9.47 Å². The summed E-state index contributed by atoms with van der Waals surface area (Å²) in [6.07, 6.45) is 2.94. The Morgan fingerprint density at radius 2 is 1.64 bits per heavy atom. The Bertz CT molecular complexity index is 231. The van der Waals surface area contributed by atoms with E-state index < -0.39 is 5.60 Å². The summed E-state index contributed by atoms with van der Waals surface area (Å²) in [5.41, 5.74) is 0.158. The standard InChI is InChI=1S/C11H18O3/c1-9(2)10(12)3-5-11(6-4-10)13-7-8-14-11/h12H,1,3-8H2,2H3. The van der Waals surface area contributed by atoms with E-state index in [1.54, 1.807) is 0 Å². The van der Waals surface area contributed by atoms with Crippen molar-refractivity contribution in [2.45, 2.75) is 44.0 Å². The Balaban J connectivity index is 2.01. The maximum absolute atomic E-state index is 10.2. The Hall–Kier alpha value is -0.380. The predicted molar refractivity (Wildman–Crippen MR) is 52.9 cm³/mol. The van der Waals surface area contributed by atoms with Crippen molar-refractivity contribution >= 4 is 0 Å². The highest BCUT2D eigenvalue weighted by molar-refractivity contribution is 5.12. The zero-order chi connectivity index (χ0) is 10.2. The van der Waals surface area contributed by atoms with Crippen molar-refractivity contribution < 1.29 is 14.6 Å². The van der Waals surface area contributed by atoms with E-state index >= 15 is 0 Å². The molecule has 0 bridgehead atoms. The average Bonchev–Trinajstić information content (AvgIpc) is 2.60. The van der Waals surface area contributed by atoms with E-state index in [0.717, 1.165) is 18.4 Å². The van der Waals surface area contributed by atoms with Crippen LogP contribution in [0.4, 0.5) is 0 Å². The fourth-order valence-electron chi connectivity index (χ4n) is 2.26. The first-order valence-electron chi connectivity index (χ1n) is 5.23. The number of rotatable bonds is 1. The summed E-state index contributed by atoms with van der Waals surface area (Å²) in [5.74, 6) is -0.387. The molecule has 0 unspecified atom stereocenters. The highest BCUT2D eigenvalue weighted by Crippen LogP contribution is 2.42. The first kappa shape index (κ1) is 10.1. The number of aliphatic hydroxyl groups is 1. The van der Waals surface area contributed by atoms with E-state index in [0.29, 0.717) is 26.1 Å². The van der Waals surface area contributed by atoms with Gasteiger partial charge in [-0.1, -0.05) is 6.58 Å². The zero-order valence-corrected chi connectivity index (χ0v) is 8.71. The minimum atomic E-state index is -0.694. The molecule has 3 heteroatoms. The van der Waals surface area contributed by atoms with E-state index in [2.05, 4.69) is 6.58 Å². The fraction of sp³-hybridized carbons (Fsp3) is 0.818.